The predicted octanol–water partition coefficient (Wildman–Crippen LogP) is 2.57. The molecule has 8 heteroatoms. The topological polar surface area (TPSA) is 92.5 Å². The second-order valence-electron chi connectivity index (χ2n) is 7.00. The molecule has 1 aromatic carbocycles. The van der Waals surface area contributed by atoms with Crippen LogP contribution in [0.1, 0.15) is 42.8 Å². The molecule has 1 N–H and O–H groups in total. The molecule has 1 saturated heterocycles. The standard InChI is InChI=1S/C19H25N3O4S/c1-13(16-8-5-4-6-9-16)20-19(23)17-10-7-11-22(12-17)27(24,25)18-14(2)21-26-15(18)3/h4-6,8-9,13,17H,7,10-12H2,1-3H3,(H,20,23)/t13-,17+/m1/s1. The summed E-state index contributed by atoms with van der Waals surface area (Å²) >= 11 is 0. The number of hydrogen-bond donors (Lipinski definition) is 1. The van der Waals surface area contributed by atoms with E-state index < -0.39 is 10.0 Å². The molecule has 1 aliphatic heterocycles. The van der Waals surface area contributed by atoms with E-state index in [0.29, 0.717) is 25.1 Å². The molecule has 0 aliphatic carbocycles. The van der Waals surface area contributed by atoms with Gasteiger partial charge in [0.15, 0.2) is 5.76 Å². The number of carbonyl (C=O) groups excluding carboxylic acids is 1. The van der Waals surface area contributed by atoms with Crippen molar-refractivity contribution < 1.29 is 17.7 Å². The van der Waals surface area contributed by atoms with Gasteiger partial charge in [-0.1, -0.05) is 35.5 Å². The molecule has 1 aromatic heterocycles. The Kier molecular flexibility index (Phi) is 5.67. The summed E-state index contributed by atoms with van der Waals surface area (Å²) in [5.41, 5.74) is 1.36. The molecule has 2 atom stereocenters. The molecule has 0 unspecified atom stereocenters. The Morgan fingerprint density at radius 3 is 2.63 bits per heavy atom. The summed E-state index contributed by atoms with van der Waals surface area (Å²) in [4.78, 5) is 12.8. The van der Waals surface area contributed by atoms with Crippen LogP contribution in [-0.4, -0.2) is 36.9 Å². The number of piperidine rings is 1. The number of sulfonamides is 1. The van der Waals surface area contributed by atoms with E-state index in [-0.39, 0.29) is 35.1 Å². The second kappa shape index (κ2) is 7.82. The summed E-state index contributed by atoms with van der Waals surface area (Å²) in [6.07, 6.45) is 1.31. The molecule has 0 radical (unpaired) electrons. The lowest BCUT2D eigenvalue weighted by molar-refractivity contribution is -0.126. The van der Waals surface area contributed by atoms with Crippen molar-refractivity contribution in [2.75, 3.05) is 13.1 Å². The van der Waals surface area contributed by atoms with E-state index in [4.69, 9.17) is 4.52 Å². The normalized spacial score (nSPS) is 19.6. The third-order valence-corrected chi connectivity index (χ3v) is 7.09. The van der Waals surface area contributed by atoms with E-state index in [2.05, 4.69) is 10.5 Å². The van der Waals surface area contributed by atoms with E-state index in [1.54, 1.807) is 13.8 Å². The lowest BCUT2D eigenvalue weighted by Crippen LogP contribution is -2.46. The highest BCUT2D eigenvalue weighted by Crippen LogP contribution is 2.28. The fourth-order valence-electron chi connectivity index (χ4n) is 3.50. The largest absolute Gasteiger partial charge is 0.360 e. The van der Waals surface area contributed by atoms with E-state index >= 15 is 0 Å². The average molecular weight is 391 g/mol. The molecule has 2 heterocycles. The van der Waals surface area contributed by atoms with Crippen LogP contribution >= 0.6 is 0 Å². The van der Waals surface area contributed by atoms with Crippen molar-refractivity contribution >= 4 is 15.9 Å². The Labute approximate surface area is 159 Å². The summed E-state index contributed by atoms with van der Waals surface area (Å²) in [6.45, 7) is 5.68. The van der Waals surface area contributed by atoms with Crippen molar-refractivity contribution in [2.45, 2.75) is 44.6 Å². The first-order chi connectivity index (χ1) is 12.8. The molecule has 146 valence electrons. The second-order valence-corrected chi connectivity index (χ2v) is 8.87. The van der Waals surface area contributed by atoms with E-state index in [0.717, 1.165) is 5.56 Å². The quantitative estimate of drug-likeness (QED) is 0.846. The van der Waals surface area contributed by atoms with Gasteiger partial charge in [0, 0.05) is 13.1 Å². The van der Waals surface area contributed by atoms with E-state index in [9.17, 15) is 13.2 Å². The smallest absolute Gasteiger partial charge is 0.248 e. The lowest BCUT2D eigenvalue weighted by Gasteiger charge is -2.31. The SMILES string of the molecule is Cc1noc(C)c1S(=O)(=O)N1CCC[C@H](C(=O)N[C@H](C)c2ccccc2)C1. The first-order valence-electron chi connectivity index (χ1n) is 9.09. The maximum absolute atomic E-state index is 13.0. The highest BCUT2D eigenvalue weighted by molar-refractivity contribution is 7.89. The van der Waals surface area contributed by atoms with Crippen molar-refractivity contribution in [3.05, 3.63) is 47.3 Å². The van der Waals surface area contributed by atoms with Gasteiger partial charge in [-0.2, -0.15) is 4.31 Å². The third kappa shape index (κ3) is 4.06. The Hall–Kier alpha value is -2.19. The zero-order chi connectivity index (χ0) is 19.6. The minimum absolute atomic E-state index is 0.112. The number of benzene rings is 1. The van der Waals surface area contributed by atoms with Gasteiger partial charge in [0.2, 0.25) is 15.9 Å². The van der Waals surface area contributed by atoms with Gasteiger partial charge in [0.25, 0.3) is 0 Å². The molecule has 2 aromatic rings. The van der Waals surface area contributed by atoms with Gasteiger partial charge in [-0.15, -0.1) is 0 Å². The van der Waals surface area contributed by atoms with Crippen LogP contribution in [0, 0.1) is 19.8 Å². The highest BCUT2D eigenvalue weighted by atomic mass is 32.2. The van der Waals surface area contributed by atoms with Crippen LogP contribution in [0.4, 0.5) is 0 Å². The zero-order valence-corrected chi connectivity index (χ0v) is 16.6. The monoisotopic (exact) mass is 391 g/mol. The minimum Gasteiger partial charge on any atom is -0.360 e. The van der Waals surface area contributed by atoms with E-state index in [1.165, 1.54) is 4.31 Å². The van der Waals surface area contributed by atoms with Crippen LogP contribution in [0.5, 0.6) is 0 Å². The number of amides is 1. The molecular formula is C19H25N3O4S. The molecule has 1 amide bonds. The van der Waals surface area contributed by atoms with Crippen LogP contribution in [0.15, 0.2) is 39.8 Å². The van der Waals surface area contributed by atoms with Crippen molar-refractivity contribution in [3.8, 4) is 0 Å². The fourth-order valence-corrected chi connectivity index (χ4v) is 5.32. The number of carbonyl (C=O) groups is 1. The predicted molar refractivity (Wildman–Crippen MR) is 100 cm³/mol. The first kappa shape index (κ1) is 19.6. The van der Waals surface area contributed by atoms with Crippen LogP contribution in [0.25, 0.3) is 0 Å². The molecule has 1 fully saturated rings. The number of aromatic nitrogens is 1. The number of aryl methyl sites for hydroxylation is 2. The molecule has 3 rings (SSSR count). The van der Waals surface area contributed by atoms with Gasteiger partial charge >= 0.3 is 0 Å². The Balaban J connectivity index is 1.71. The van der Waals surface area contributed by atoms with Gasteiger partial charge in [-0.05, 0) is 39.2 Å². The maximum Gasteiger partial charge on any atom is 0.248 e. The summed E-state index contributed by atoms with van der Waals surface area (Å²) in [6, 6.07) is 9.57. The number of rotatable bonds is 5. The first-order valence-corrected chi connectivity index (χ1v) is 10.5. The van der Waals surface area contributed by atoms with E-state index in [1.807, 2.05) is 37.3 Å². The number of hydrogen-bond acceptors (Lipinski definition) is 5. The van der Waals surface area contributed by atoms with Crippen LogP contribution in [0.2, 0.25) is 0 Å². The molecule has 0 saturated carbocycles. The Morgan fingerprint density at radius 1 is 1.30 bits per heavy atom. The van der Waals surface area contributed by atoms with Crippen LogP contribution in [0.3, 0.4) is 0 Å². The van der Waals surface area contributed by atoms with Crippen molar-refractivity contribution in [1.29, 1.82) is 0 Å². The summed E-state index contributed by atoms with van der Waals surface area (Å²) in [5.74, 6) is -0.220. The van der Waals surface area contributed by atoms with Crippen LogP contribution < -0.4 is 5.32 Å². The fraction of sp³-hybridized carbons (Fsp3) is 0.474. The summed E-state index contributed by atoms with van der Waals surface area (Å²) in [7, 11) is -3.73. The van der Waals surface area contributed by atoms with Crippen LogP contribution in [-0.2, 0) is 14.8 Å². The maximum atomic E-state index is 13.0. The molecule has 1 aliphatic rings. The van der Waals surface area contributed by atoms with Crippen molar-refractivity contribution in [1.82, 2.24) is 14.8 Å². The number of nitrogens with zero attached hydrogens (tertiary/aromatic N) is 2. The van der Waals surface area contributed by atoms with Gasteiger partial charge in [-0.25, -0.2) is 8.42 Å². The Bertz CT molecular complexity index is 889. The molecular weight excluding hydrogens is 366 g/mol. The van der Waals surface area contributed by atoms with Gasteiger partial charge < -0.3 is 9.84 Å². The average Bonchev–Trinajstić information content (AvgIpc) is 3.01. The zero-order valence-electron chi connectivity index (χ0n) is 15.8. The third-order valence-electron chi connectivity index (χ3n) is 4.98. The van der Waals surface area contributed by atoms with Gasteiger partial charge in [0.1, 0.15) is 10.6 Å². The summed E-state index contributed by atoms with van der Waals surface area (Å²) < 4.78 is 32.4. The van der Waals surface area contributed by atoms with Gasteiger partial charge in [-0.3, -0.25) is 4.79 Å². The van der Waals surface area contributed by atoms with Gasteiger partial charge in [0.05, 0.1) is 12.0 Å². The Morgan fingerprint density at radius 2 is 2.00 bits per heavy atom. The summed E-state index contributed by atoms with van der Waals surface area (Å²) in [5, 5.41) is 6.75. The molecule has 0 spiro atoms. The molecule has 27 heavy (non-hydrogen) atoms. The molecule has 7 nitrogen and oxygen atoms in total. The molecule has 0 bridgehead atoms. The highest BCUT2D eigenvalue weighted by Gasteiger charge is 2.36. The minimum atomic E-state index is -3.73. The number of nitrogens with one attached hydrogen (secondary N) is 1. The lowest BCUT2D eigenvalue weighted by atomic mass is 9.98. The van der Waals surface area contributed by atoms with Crippen molar-refractivity contribution in [2.24, 2.45) is 5.92 Å². The van der Waals surface area contributed by atoms with Crippen molar-refractivity contribution in [3.63, 3.8) is 0 Å².